The van der Waals surface area contributed by atoms with Crippen LogP contribution >= 0.6 is 0 Å². The van der Waals surface area contributed by atoms with Crippen molar-refractivity contribution in [1.82, 2.24) is 0 Å². The highest BCUT2D eigenvalue weighted by atomic mass is 16.7. The van der Waals surface area contributed by atoms with Gasteiger partial charge in [-0.2, -0.15) is 0 Å². The van der Waals surface area contributed by atoms with E-state index >= 15 is 0 Å². The van der Waals surface area contributed by atoms with E-state index in [1.807, 2.05) is 12.1 Å². The molecule has 2 aliphatic rings. The number of benzene rings is 1. The van der Waals surface area contributed by atoms with Gasteiger partial charge in [-0.15, -0.1) is 0 Å². The summed E-state index contributed by atoms with van der Waals surface area (Å²) < 4.78 is 10.9. The van der Waals surface area contributed by atoms with Crippen molar-refractivity contribution < 1.29 is 14.3 Å². The van der Waals surface area contributed by atoms with Gasteiger partial charge in [0.2, 0.25) is 12.7 Å². The van der Waals surface area contributed by atoms with Crippen LogP contribution < -0.4 is 15.2 Å². The van der Waals surface area contributed by atoms with Crippen molar-refractivity contribution in [2.75, 3.05) is 6.79 Å². The van der Waals surface area contributed by atoms with Crippen molar-refractivity contribution in [3.05, 3.63) is 23.8 Å². The molecule has 2 N–H and O–H groups in total. The molecule has 0 bridgehead atoms. The summed E-state index contributed by atoms with van der Waals surface area (Å²) in [4.78, 5) is 10.9. The molecule has 18 heavy (non-hydrogen) atoms. The first-order chi connectivity index (χ1) is 8.66. The van der Waals surface area contributed by atoms with Crippen molar-refractivity contribution in [3.63, 3.8) is 0 Å². The summed E-state index contributed by atoms with van der Waals surface area (Å²) in [5.74, 6) is 2.86. The van der Waals surface area contributed by atoms with Gasteiger partial charge in [0, 0.05) is 12.0 Å². The number of ether oxygens (including phenoxy) is 2. The van der Waals surface area contributed by atoms with E-state index in [4.69, 9.17) is 15.2 Å². The number of hydrogen-bond donors (Lipinski definition) is 1. The quantitative estimate of drug-likeness (QED) is 0.885. The van der Waals surface area contributed by atoms with Gasteiger partial charge in [-0.1, -0.05) is 19.1 Å². The van der Waals surface area contributed by atoms with E-state index in [-0.39, 0.29) is 5.91 Å². The van der Waals surface area contributed by atoms with Crippen molar-refractivity contribution in [2.45, 2.75) is 25.7 Å². The molecule has 1 saturated carbocycles. The van der Waals surface area contributed by atoms with Crippen LogP contribution in [0.2, 0.25) is 0 Å². The Morgan fingerprint density at radius 1 is 1.50 bits per heavy atom. The fourth-order valence-corrected chi connectivity index (χ4v) is 2.91. The minimum Gasteiger partial charge on any atom is -0.454 e. The smallest absolute Gasteiger partial charge is 0.231 e. The molecule has 1 fully saturated rings. The number of carbonyl (C=O) groups is 1. The zero-order valence-corrected chi connectivity index (χ0v) is 10.4. The fraction of sp³-hybridized carbons (Fsp3) is 0.500. The maximum atomic E-state index is 10.9. The molecule has 3 rings (SSSR count). The van der Waals surface area contributed by atoms with Gasteiger partial charge >= 0.3 is 0 Å². The number of carbonyl (C=O) groups excluding carboxylic acids is 1. The zero-order chi connectivity index (χ0) is 12.7. The third kappa shape index (κ3) is 1.92. The Kier molecular flexibility index (Phi) is 2.65. The standard InChI is InChI=1S/C14H17NO3/c1-8(5-13(15)16)10-6-11(10)9-3-2-4-12-14(9)18-7-17-12/h2-4,8,10-11H,5-7H2,1H3,(H2,15,16). The molecular formula is C14H17NO3. The van der Waals surface area contributed by atoms with Crippen LogP contribution in [0.15, 0.2) is 18.2 Å². The summed E-state index contributed by atoms with van der Waals surface area (Å²) in [5.41, 5.74) is 6.46. The van der Waals surface area contributed by atoms with Crippen molar-refractivity contribution >= 4 is 5.91 Å². The Morgan fingerprint density at radius 3 is 3.11 bits per heavy atom. The van der Waals surface area contributed by atoms with Crippen molar-refractivity contribution in [2.24, 2.45) is 17.6 Å². The normalized spacial score (nSPS) is 25.8. The Morgan fingerprint density at radius 2 is 2.33 bits per heavy atom. The first-order valence-electron chi connectivity index (χ1n) is 6.33. The van der Waals surface area contributed by atoms with Gasteiger partial charge in [-0.3, -0.25) is 4.79 Å². The Bertz CT molecular complexity index is 486. The van der Waals surface area contributed by atoms with Crippen LogP contribution in [0.4, 0.5) is 0 Å². The van der Waals surface area contributed by atoms with E-state index in [0.29, 0.717) is 31.0 Å². The summed E-state index contributed by atoms with van der Waals surface area (Å²) in [5, 5.41) is 0. The molecule has 0 radical (unpaired) electrons. The fourth-order valence-electron chi connectivity index (χ4n) is 2.91. The van der Waals surface area contributed by atoms with Gasteiger partial charge in [-0.25, -0.2) is 0 Å². The second-order valence-corrected chi connectivity index (χ2v) is 5.23. The van der Waals surface area contributed by atoms with Gasteiger partial charge in [0.1, 0.15) is 0 Å². The Labute approximate surface area is 106 Å². The molecule has 1 heterocycles. The molecule has 1 amide bonds. The molecule has 1 aromatic carbocycles. The van der Waals surface area contributed by atoms with Gasteiger partial charge < -0.3 is 15.2 Å². The van der Waals surface area contributed by atoms with Gasteiger partial charge in [0.05, 0.1) is 0 Å². The largest absolute Gasteiger partial charge is 0.454 e. The molecular weight excluding hydrogens is 230 g/mol. The van der Waals surface area contributed by atoms with Gasteiger partial charge in [0.15, 0.2) is 11.5 Å². The van der Waals surface area contributed by atoms with E-state index in [1.54, 1.807) is 0 Å². The van der Waals surface area contributed by atoms with Crippen LogP contribution in [0.25, 0.3) is 0 Å². The molecule has 4 heteroatoms. The maximum absolute atomic E-state index is 10.9. The molecule has 3 atom stereocenters. The minimum atomic E-state index is -0.217. The first kappa shape index (κ1) is 11.4. The summed E-state index contributed by atoms with van der Waals surface area (Å²) in [7, 11) is 0. The number of amides is 1. The van der Waals surface area contributed by atoms with E-state index in [0.717, 1.165) is 17.9 Å². The monoisotopic (exact) mass is 247 g/mol. The lowest BCUT2D eigenvalue weighted by molar-refractivity contribution is -0.118. The Hall–Kier alpha value is -1.71. The molecule has 3 unspecified atom stereocenters. The third-order valence-electron chi connectivity index (χ3n) is 3.92. The highest BCUT2D eigenvalue weighted by Crippen LogP contribution is 2.56. The van der Waals surface area contributed by atoms with E-state index < -0.39 is 0 Å². The lowest BCUT2D eigenvalue weighted by atomic mass is 9.97. The van der Waals surface area contributed by atoms with Crippen molar-refractivity contribution in [1.29, 1.82) is 0 Å². The summed E-state index contributed by atoms with van der Waals surface area (Å²) in [6.07, 6.45) is 1.57. The zero-order valence-electron chi connectivity index (χ0n) is 10.4. The predicted molar refractivity (Wildman–Crippen MR) is 66.4 cm³/mol. The second kappa shape index (κ2) is 4.19. The molecule has 0 spiro atoms. The van der Waals surface area contributed by atoms with Crippen LogP contribution in [0.1, 0.15) is 31.2 Å². The molecule has 1 aliphatic heterocycles. The maximum Gasteiger partial charge on any atom is 0.231 e. The lowest BCUT2D eigenvalue weighted by Gasteiger charge is -2.09. The van der Waals surface area contributed by atoms with E-state index in [9.17, 15) is 4.79 Å². The molecule has 4 nitrogen and oxygen atoms in total. The molecule has 96 valence electrons. The number of para-hydroxylation sites is 1. The highest BCUT2D eigenvalue weighted by Gasteiger charge is 2.44. The number of hydrogen-bond acceptors (Lipinski definition) is 3. The van der Waals surface area contributed by atoms with E-state index in [2.05, 4.69) is 13.0 Å². The predicted octanol–water partition coefficient (Wildman–Crippen LogP) is 2.03. The van der Waals surface area contributed by atoms with Crippen molar-refractivity contribution in [3.8, 4) is 11.5 Å². The van der Waals surface area contributed by atoms with Crippen LogP contribution in [0, 0.1) is 11.8 Å². The highest BCUT2D eigenvalue weighted by molar-refractivity contribution is 5.74. The molecule has 0 saturated heterocycles. The summed E-state index contributed by atoms with van der Waals surface area (Å²) >= 11 is 0. The average Bonchev–Trinajstić information content (AvgIpc) is 2.97. The molecule has 1 aliphatic carbocycles. The van der Waals surface area contributed by atoms with Gasteiger partial charge in [-0.05, 0) is 30.2 Å². The topological polar surface area (TPSA) is 61.6 Å². The molecule has 1 aromatic rings. The second-order valence-electron chi connectivity index (χ2n) is 5.23. The number of rotatable bonds is 4. The third-order valence-corrected chi connectivity index (χ3v) is 3.92. The number of fused-ring (bicyclic) bond motifs is 1. The summed E-state index contributed by atoms with van der Waals surface area (Å²) in [6, 6.07) is 6.02. The summed E-state index contributed by atoms with van der Waals surface area (Å²) in [6.45, 7) is 2.40. The van der Waals surface area contributed by atoms with Crippen LogP contribution in [-0.2, 0) is 4.79 Å². The van der Waals surface area contributed by atoms with Crippen LogP contribution in [-0.4, -0.2) is 12.7 Å². The first-order valence-corrected chi connectivity index (χ1v) is 6.33. The Balaban J connectivity index is 1.75. The molecule has 0 aromatic heterocycles. The van der Waals surface area contributed by atoms with Gasteiger partial charge in [0.25, 0.3) is 0 Å². The van der Waals surface area contributed by atoms with Crippen LogP contribution in [0.5, 0.6) is 11.5 Å². The number of nitrogens with two attached hydrogens (primary N) is 1. The SMILES string of the molecule is CC(CC(N)=O)C1CC1c1cccc2c1OCO2. The minimum absolute atomic E-state index is 0.217. The lowest BCUT2D eigenvalue weighted by Crippen LogP contribution is -2.16. The number of primary amides is 1. The van der Waals surface area contributed by atoms with E-state index in [1.165, 1.54) is 5.56 Å². The average molecular weight is 247 g/mol. The van der Waals surface area contributed by atoms with Crippen LogP contribution in [0.3, 0.4) is 0 Å².